The van der Waals surface area contributed by atoms with Crippen LogP contribution >= 0.6 is 13.5 Å². The van der Waals surface area contributed by atoms with Crippen LogP contribution in [0.25, 0.3) is 0 Å². The summed E-state index contributed by atoms with van der Waals surface area (Å²) in [7, 11) is 0. The highest BCUT2D eigenvalue weighted by Gasteiger charge is 2.48. The van der Waals surface area contributed by atoms with Gasteiger partial charge in [0.15, 0.2) is 0 Å². The van der Waals surface area contributed by atoms with Gasteiger partial charge in [-0.15, -0.1) is 0 Å². The molecule has 5 nitrogen and oxygen atoms in total. The van der Waals surface area contributed by atoms with Crippen molar-refractivity contribution in [3.8, 4) is 0 Å². The summed E-state index contributed by atoms with van der Waals surface area (Å²) in [4.78, 5) is 27.0. The summed E-state index contributed by atoms with van der Waals surface area (Å²) >= 11 is 0. The van der Waals surface area contributed by atoms with E-state index in [-0.39, 0.29) is 24.8 Å². The van der Waals surface area contributed by atoms with Crippen molar-refractivity contribution >= 4 is 31.0 Å². The lowest BCUT2D eigenvalue weighted by Crippen LogP contribution is -2.39. The lowest BCUT2D eigenvalue weighted by Gasteiger charge is -2.33. The number of carbonyl (C=O) groups excluding carboxylic acids is 2. The molecule has 1 heterocycles. The lowest BCUT2D eigenvalue weighted by atomic mass is 9.70. The molecule has 148 valence electrons. The summed E-state index contributed by atoms with van der Waals surface area (Å²) < 4.78 is 0. The predicted octanol–water partition coefficient (Wildman–Crippen LogP) is 3.45. The molecule has 4 rings (SSSR count). The molecule has 1 aliphatic carbocycles. The second-order valence-corrected chi connectivity index (χ2v) is 7.88. The van der Waals surface area contributed by atoms with Crippen LogP contribution in [0.2, 0.25) is 0 Å². The number of hydrogen-bond donors (Lipinski definition) is 2. The molecule has 1 spiro atoms. The van der Waals surface area contributed by atoms with E-state index in [1.165, 1.54) is 5.56 Å². The molecule has 2 aromatic rings. The van der Waals surface area contributed by atoms with Gasteiger partial charge in [-0.3, -0.25) is 14.8 Å². The highest BCUT2D eigenvalue weighted by Crippen LogP contribution is 2.45. The van der Waals surface area contributed by atoms with Crippen molar-refractivity contribution in [1.29, 1.82) is 0 Å². The SMILES string of the molecule is Cc1ccc(N2CC[C@@]3(CCc4cc(C(=O)NO)ccc4C3)C2=O)c(C)c1.S. The highest BCUT2D eigenvalue weighted by molar-refractivity contribution is 7.59. The maximum Gasteiger partial charge on any atom is 0.274 e. The van der Waals surface area contributed by atoms with E-state index in [1.54, 1.807) is 11.5 Å². The monoisotopic (exact) mass is 398 g/mol. The number of benzene rings is 2. The van der Waals surface area contributed by atoms with Crippen molar-refractivity contribution < 1.29 is 14.8 Å². The summed E-state index contributed by atoms with van der Waals surface area (Å²) in [6.45, 7) is 4.88. The number of nitrogens with one attached hydrogen (secondary N) is 1. The van der Waals surface area contributed by atoms with Gasteiger partial charge in [-0.05, 0) is 74.4 Å². The zero-order valence-corrected chi connectivity index (χ0v) is 17.2. The molecule has 2 N–H and O–H groups in total. The Labute approximate surface area is 172 Å². The van der Waals surface area contributed by atoms with Crippen molar-refractivity contribution in [2.24, 2.45) is 5.41 Å². The topological polar surface area (TPSA) is 69.6 Å². The Morgan fingerprint density at radius 2 is 1.89 bits per heavy atom. The van der Waals surface area contributed by atoms with Gasteiger partial charge in [0.05, 0.1) is 5.41 Å². The van der Waals surface area contributed by atoms with Gasteiger partial charge >= 0.3 is 0 Å². The van der Waals surface area contributed by atoms with E-state index in [0.717, 1.165) is 48.2 Å². The predicted molar refractivity (Wildman–Crippen MR) is 113 cm³/mol. The first-order valence-corrected chi connectivity index (χ1v) is 9.39. The fourth-order valence-corrected chi connectivity index (χ4v) is 4.62. The normalized spacial score (nSPS) is 20.7. The second kappa shape index (κ2) is 7.60. The first-order chi connectivity index (χ1) is 12.9. The number of aryl methyl sites for hydroxylation is 3. The van der Waals surface area contributed by atoms with Gasteiger partial charge in [0.1, 0.15) is 0 Å². The van der Waals surface area contributed by atoms with Gasteiger partial charge in [0.25, 0.3) is 5.91 Å². The number of hydroxylamine groups is 1. The molecule has 0 radical (unpaired) electrons. The fraction of sp³-hybridized carbons (Fsp3) is 0.364. The Kier molecular flexibility index (Phi) is 5.55. The van der Waals surface area contributed by atoms with Crippen LogP contribution < -0.4 is 10.4 Å². The van der Waals surface area contributed by atoms with E-state index < -0.39 is 5.91 Å². The van der Waals surface area contributed by atoms with Crippen molar-refractivity contribution in [3.63, 3.8) is 0 Å². The molecule has 1 aliphatic heterocycles. The third kappa shape index (κ3) is 3.31. The van der Waals surface area contributed by atoms with E-state index in [0.29, 0.717) is 12.0 Å². The van der Waals surface area contributed by atoms with E-state index in [9.17, 15) is 9.59 Å². The number of hydrogen-bond acceptors (Lipinski definition) is 3. The van der Waals surface area contributed by atoms with Crippen molar-refractivity contribution in [3.05, 3.63) is 64.2 Å². The van der Waals surface area contributed by atoms with Crippen LogP contribution in [0.5, 0.6) is 0 Å². The summed E-state index contributed by atoms with van der Waals surface area (Å²) in [5, 5.41) is 8.82. The highest BCUT2D eigenvalue weighted by atomic mass is 32.1. The Morgan fingerprint density at radius 1 is 1.11 bits per heavy atom. The van der Waals surface area contributed by atoms with E-state index >= 15 is 0 Å². The molecule has 0 saturated carbocycles. The third-order valence-electron chi connectivity index (χ3n) is 6.13. The Balaban J connectivity index is 0.00000225. The Hall–Kier alpha value is -2.31. The number of nitrogens with zero attached hydrogens (tertiary/aromatic N) is 1. The van der Waals surface area contributed by atoms with Gasteiger partial charge in [-0.1, -0.05) is 23.8 Å². The molecule has 2 amide bonds. The molecular formula is C22H26N2O3S. The van der Waals surface area contributed by atoms with Gasteiger partial charge in [-0.25, -0.2) is 5.48 Å². The number of amides is 2. The molecule has 0 unspecified atom stereocenters. The maximum atomic E-state index is 13.4. The van der Waals surface area contributed by atoms with Gasteiger partial charge in [0.2, 0.25) is 5.91 Å². The first kappa shape index (κ1) is 20.4. The molecule has 0 bridgehead atoms. The van der Waals surface area contributed by atoms with Gasteiger partial charge < -0.3 is 4.90 Å². The third-order valence-corrected chi connectivity index (χ3v) is 6.13. The number of rotatable bonds is 2. The molecule has 1 saturated heterocycles. The summed E-state index contributed by atoms with van der Waals surface area (Å²) in [6, 6.07) is 11.7. The van der Waals surface area contributed by atoms with E-state index in [2.05, 4.69) is 32.0 Å². The average molecular weight is 399 g/mol. The van der Waals surface area contributed by atoms with E-state index in [4.69, 9.17) is 5.21 Å². The van der Waals surface area contributed by atoms with Crippen LogP contribution in [0.1, 0.15) is 45.5 Å². The minimum atomic E-state index is -0.504. The van der Waals surface area contributed by atoms with Crippen LogP contribution in [0.4, 0.5) is 5.69 Å². The van der Waals surface area contributed by atoms with Crippen molar-refractivity contribution in [2.75, 3.05) is 11.4 Å². The maximum absolute atomic E-state index is 13.4. The van der Waals surface area contributed by atoms with Crippen LogP contribution in [0.3, 0.4) is 0 Å². The van der Waals surface area contributed by atoms with Crippen molar-refractivity contribution in [1.82, 2.24) is 5.48 Å². The zero-order chi connectivity index (χ0) is 19.2. The smallest absolute Gasteiger partial charge is 0.274 e. The molecule has 1 atom stereocenters. The molecule has 2 aromatic carbocycles. The largest absolute Gasteiger partial charge is 0.312 e. The number of carbonyl (C=O) groups is 2. The van der Waals surface area contributed by atoms with Crippen LogP contribution in [0.15, 0.2) is 36.4 Å². The quantitative estimate of drug-likeness (QED) is 0.601. The molecule has 0 aromatic heterocycles. The standard InChI is InChI=1S/C22H24N2O3.H2S/c1-14-3-6-19(15(2)11-14)24-10-9-22(21(24)26)8-7-16-12-17(20(25)23-27)4-5-18(16)13-22;/h3-6,11-12,27H,7-10,13H2,1-2H3,(H,23,25);1H2/t22-;/m1./s1. The summed E-state index contributed by atoms with van der Waals surface area (Å²) in [5.74, 6) is -0.284. The molecule has 6 heteroatoms. The summed E-state index contributed by atoms with van der Waals surface area (Å²) in [6.07, 6.45) is 3.14. The summed E-state index contributed by atoms with van der Waals surface area (Å²) in [5.41, 5.74) is 7.36. The van der Waals surface area contributed by atoms with Crippen LogP contribution in [-0.2, 0) is 17.6 Å². The van der Waals surface area contributed by atoms with Crippen molar-refractivity contribution in [2.45, 2.75) is 39.5 Å². The molecular weight excluding hydrogens is 372 g/mol. The lowest BCUT2D eigenvalue weighted by molar-refractivity contribution is -0.126. The minimum absolute atomic E-state index is 0. The van der Waals surface area contributed by atoms with Gasteiger partial charge in [-0.2, -0.15) is 13.5 Å². The van der Waals surface area contributed by atoms with Crippen LogP contribution in [0, 0.1) is 19.3 Å². The fourth-order valence-electron chi connectivity index (χ4n) is 4.62. The molecule has 2 aliphatic rings. The number of anilines is 1. The molecule has 1 fully saturated rings. The first-order valence-electron chi connectivity index (χ1n) is 9.39. The van der Waals surface area contributed by atoms with Gasteiger partial charge in [0, 0.05) is 17.8 Å². The Morgan fingerprint density at radius 3 is 2.61 bits per heavy atom. The zero-order valence-electron chi connectivity index (χ0n) is 16.2. The average Bonchev–Trinajstić information content (AvgIpc) is 2.97. The van der Waals surface area contributed by atoms with E-state index in [1.807, 2.05) is 17.0 Å². The van der Waals surface area contributed by atoms with Crippen LogP contribution in [-0.4, -0.2) is 23.6 Å². The number of fused-ring (bicyclic) bond motifs is 1. The minimum Gasteiger partial charge on any atom is -0.312 e. The second-order valence-electron chi connectivity index (χ2n) is 7.88. The molecule has 28 heavy (non-hydrogen) atoms. The Bertz CT molecular complexity index is 943.